The molecule has 3 aromatic rings. The van der Waals surface area contributed by atoms with Crippen LogP contribution in [0.25, 0.3) is 11.5 Å². The summed E-state index contributed by atoms with van der Waals surface area (Å²) in [6.45, 7) is 3.95. The molecule has 8 nitrogen and oxygen atoms in total. The number of hydrogen-bond acceptors (Lipinski definition) is 6. The van der Waals surface area contributed by atoms with Crippen LogP contribution in [0.4, 0.5) is 4.39 Å². The quantitative estimate of drug-likeness (QED) is 0.658. The second-order valence-corrected chi connectivity index (χ2v) is 7.45. The van der Waals surface area contributed by atoms with Crippen molar-refractivity contribution in [3.8, 4) is 11.5 Å². The van der Waals surface area contributed by atoms with Gasteiger partial charge in [-0.2, -0.15) is 5.10 Å². The maximum atomic E-state index is 14.1. The van der Waals surface area contributed by atoms with E-state index in [0.717, 1.165) is 12.8 Å². The topological polar surface area (TPSA) is 94.1 Å². The third-order valence-electron chi connectivity index (χ3n) is 5.53. The van der Waals surface area contributed by atoms with Crippen molar-refractivity contribution in [3.63, 3.8) is 0 Å². The fourth-order valence-corrected chi connectivity index (χ4v) is 3.79. The number of aromatic nitrogens is 4. The molecule has 0 N–H and O–H groups in total. The minimum absolute atomic E-state index is 0.0629. The van der Waals surface area contributed by atoms with Crippen LogP contribution in [0.5, 0.6) is 0 Å². The number of likely N-dealkylation sites (tertiary alicyclic amines) is 1. The molecule has 1 fully saturated rings. The number of nitrogens with zero attached hydrogens (tertiary/aromatic N) is 5. The summed E-state index contributed by atoms with van der Waals surface area (Å²) in [4.78, 5) is 27.7. The molecule has 156 valence electrons. The molecule has 9 heteroatoms. The number of amides is 1. The Balaban J connectivity index is 1.71. The Morgan fingerprint density at radius 3 is 2.73 bits per heavy atom. The van der Waals surface area contributed by atoms with Gasteiger partial charge < -0.3 is 9.32 Å². The van der Waals surface area contributed by atoms with E-state index >= 15 is 0 Å². The fourth-order valence-electron chi connectivity index (χ4n) is 3.79. The number of carbonyl (C=O) groups excluding carboxylic acids is 1. The van der Waals surface area contributed by atoms with Crippen LogP contribution in [0.2, 0.25) is 0 Å². The SMILES string of the molecule is Cc1nn(C)c(=O)c(C(=O)N2CCCC[C@@H]2c2nnc(-c3ccccc3F)o2)c1C. The smallest absolute Gasteiger partial charge is 0.279 e. The zero-order chi connectivity index (χ0) is 21.4. The van der Waals surface area contributed by atoms with Gasteiger partial charge in [0.2, 0.25) is 5.89 Å². The van der Waals surface area contributed by atoms with E-state index in [-0.39, 0.29) is 28.8 Å². The molecule has 3 heterocycles. The van der Waals surface area contributed by atoms with Crippen molar-refractivity contribution in [3.05, 3.63) is 63.1 Å². The average molecular weight is 411 g/mol. The van der Waals surface area contributed by atoms with Crippen LogP contribution in [0.3, 0.4) is 0 Å². The van der Waals surface area contributed by atoms with Gasteiger partial charge in [-0.25, -0.2) is 9.07 Å². The lowest BCUT2D eigenvalue weighted by molar-refractivity contribution is 0.0568. The van der Waals surface area contributed by atoms with Crippen molar-refractivity contribution in [2.45, 2.75) is 39.2 Å². The van der Waals surface area contributed by atoms with Gasteiger partial charge in [0.05, 0.1) is 11.3 Å². The molecule has 1 amide bonds. The monoisotopic (exact) mass is 411 g/mol. The molecule has 1 atom stereocenters. The number of benzene rings is 1. The molecular formula is C21H22FN5O3. The second-order valence-electron chi connectivity index (χ2n) is 7.45. The maximum absolute atomic E-state index is 14.1. The molecule has 0 bridgehead atoms. The molecule has 2 aromatic heterocycles. The van der Waals surface area contributed by atoms with Gasteiger partial charge in [0, 0.05) is 13.6 Å². The average Bonchev–Trinajstić information content (AvgIpc) is 3.22. The van der Waals surface area contributed by atoms with Gasteiger partial charge in [-0.1, -0.05) is 12.1 Å². The van der Waals surface area contributed by atoms with Crippen molar-refractivity contribution < 1.29 is 13.6 Å². The summed E-state index contributed by atoms with van der Waals surface area (Å²) in [5, 5.41) is 12.2. The van der Waals surface area contributed by atoms with Gasteiger partial charge in [-0.15, -0.1) is 10.2 Å². The summed E-state index contributed by atoms with van der Waals surface area (Å²) in [5.74, 6) is -0.543. The highest BCUT2D eigenvalue weighted by Gasteiger charge is 2.35. The van der Waals surface area contributed by atoms with E-state index in [1.54, 1.807) is 36.9 Å². The summed E-state index contributed by atoms with van der Waals surface area (Å²) >= 11 is 0. The zero-order valence-electron chi connectivity index (χ0n) is 17.1. The summed E-state index contributed by atoms with van der Waals surface area (Å²) in [6.07, 6.45) is 2.30. The Labute approximate surface area is 172 Å². The first-order chi connectivity index (χ1) is 14.4. The first kappa shape index (κ1) is 19.9. The molecule has 1 aliphatic rings. The van der Waals surface area contributed by atoms with Crippen LogP contribution in [0.1, 0.15) is 52.8 Å². The minimum atomic E-state index is -0.475. The van der Waals surface area contributed by atoms with E-state index in [1.165, 1.54) is 17.8 Å². The molecule has 1 saturated heterocycles. The van der Waals surface area contributed by atoms with Crippen LogP contribution < -0.4 is 5.56 Å². The van der Waals surface area contributed by atoms with Gasteiger partial charge >= 0.3 is 0 Å². The third-order valence-corrected chi connectivity index (χ3v) is 5.53. The van der Waals surface area contributed by atoms with Gasteiger partial charge in [0.1, 0.15) is 17.4 Å². The molecule has 1 aliphatic heterocycles. The number of rotatable bonds is 3. The Kier molecular flexibility index (Phi) is 5.19. The molecule has 0 saturated carbocycles. The van der Waals surface area contributed by atoms with Crippen molar-refractivity contribution in [1.82, 2.24) is 24.9 Å². The lowest BCUT2D eigenvalue weighted by Crippen LogP contribution is -2.42. The van der Waals surface area contributed by atoms with Crippen LogP contribution in [0.15, 0.2) is 33.5 Å². The van der Waals surface area contributed by atoms with Gasteiger partial charge in [0.25, 0.3) is 17.4 Å². The summed E-state index contributed by atoms with van der Waals surface area (Å²) < 4.78 is 21.0. The first-order valence-electron chi connectivity index (χ1n) is 9.82. The van der Waals surface area contributed by atoms with Crippen molar-refractivity contribution in [1.29, 1.82) is 0 Å². The second kappa shape index (κ2) is 7.81. The molecule has 0 spiro atoms. The highest BCUT2D eigenvalue weighted by Crippen LogP contribution is 2.33. The zero-order valence-corrected chi connectivity index (χ0v) is 17.1. The Hall–Kier alpha value is -3.36. The van der Waals surface area contributed by atoms with E-state index < -0.39 is 17.4 Å². The van der Waals surface area contributed by atoms with E-state index in [1.807, 2.05) is 0 Å². The van der Waals surface area contributed by atoms with Gasteiger partial charge in [-0.3, -0.25) is 9.59 Å². The van der Waals surface area contributed by atoms with Crippen LogP contribution in [-0.2, 0) is 7.05 Å². The van der Waals surface area contributed by atoms with Crippen LogP contribution >= 0.6 is 0 Å². The highest BCUT2D eigenvalue weighted by molar-refractivity contribution is 5.95. The van der Waals surface area contributed by atoms with E-state index in [9.17, 15) is 14.0 Å². The van der Waals surface area contributed by atoms with E-state index in [2.05, 4.69) is 15.3 Å². The van der Waals surface area contributed by atoms with Gasteiger partial charge in [0.15, 0.2) is 0 Å². The van der Waals surface area contributed by atoms with E-state index in [4.69, 9.17) is 4.42 Å². The van der Waals surface area contributed by atoms with Crippen LogP contribution in [-0.4, -0.2) is 37.3 Å². The lowest BCUT2D eigenvalue weighted by Gasteiger charge is -2.33. The predicted octanol–water partition coefficient (Wildman–Crippen LogP) is 2.95. The molecule has 0 radical (unpaired) electrons. The number of piperidine rings is 1. The predicted molar refractivity (Wildman–Crippen MR) is 106 cm³/mol. The standard InChI is InChI=1S/C21H22FN5O3/c1-12-13(2)25-26(3)20(28)17(12)21(29)27-11-7-6-10-16(27)19-24-23-18(30-19)14-8-4-5-9-15(14)22/h4-5,8-9,16H,6-7,10-11H2,1-3H3/t16-/m1/s1. The lowest BCUT2D eigenvalue weighted by atomic mass is 9.99. The Morgan fingerprint density at radius 2 is 1.97 bits per heavy atom. The largest absolute Gasteiger partial charge is 0.418 e. The maximum Gasteiger partial charge on any atom is 0.279 e. The Morgan fingerprint density at radius 1 is 1.20 bits per heavy atom. The van der Waals surface area contributed by atoms with E-state index in [0.29, 0.717) is 24.2 Å². The number of carbonyl (C=O) groups is 1. The molecule has 30 heavy (non-hydrogen) atoms. The first-order valence-corrected chi connectivity index (χ1v) is 9.82. The molecule has 0 aliphatic carbocycles. The number of aryl methyl sites for hydroxylation is 2. The number of halogens is 1. The molecule has 0 unspecified atom stereocenters. The Bertz CT molecular complexity index is 1170. The summed E-state index contributed by atoms with van der Waals surface area (Å²) in [5.41, 5.74) is 1.05. The van der Waals surface area contributed by atoms with Crippen LogP contribution in [0, 0.1) is 19.7 Å². The van der Waals surface area contributed by atoms with Crippen molar-refractivity contribution in [2.24, 2.45) is 7.05 Å². The highest BCUT2D eigenvalue weighted by atomic mass is 19.1. The summed E-state index contributed by atoms with van der Waals surface area (Å²) in [6, 6.07) is 5.67. The molecular weight excluding hydrogens is 389 g/mol. The van der Waals surface area contributed by atoms with Crippen molar-refractivity contribution in [2.75, 3.05) is 6.54 Å². The fraction of sp³-hybridized carbons (Fsp3) is 0.381. The normalized spacial score (nSPS) is 16.7. The summed E-state index contributed by atoms with van der Waals surface area (Å²) in [7, 11) is 1.53. The van der Waals surface area contributed by atoms with Gasteiger partial charge in [-0.05, 0) is 50.8 Å². The molecule has 4 rings (SSSR count). The number of hydrogen-bond donors (Lipinski definition) is 0. The third kappa shape index (κ3) is 3.40. The minimum Gasteiger partial charge on any atom is -0.418 e. The van der Waals surface area contributed by atoms with Crippen molar-refractivity contribution >= 4 is 5.91 Å². The molecule has 1 aromatic carbocycles.